The molecule has 2 fully saturated rings. The van der Waals surface area contributed by atoms with Crippen molar-refractivity contribution in [2.75, 3.05) is 7.11 Å². The molecule has 0 amide bonds. The molecule has 2 heteroatoms. The second-order valence-corrected chi connectivity index (χ2v) is 4.42. The first-order valence-electron chi connectivity index (χ1n) is 5.40. The molecule has 0 aromatic carbocycles. The molecule has 0 heterocycles. The lowest BCUT2D eigenvalue weighted by Gasteiger charge is -2.27. The van der Waals surface area contributed by atoms with E-state index in [4.69, 9.17) is 4.74 Å². The molecule has 2 rings (SSSR count). The molecule has 2 aliphatic rings. The summed E-state index contributed by atoms with van der Waals surface area (Å²) in [5.74, 6) is 1.75. The van der Waals surface area contributed by atoms with Crippen LogP contribution in [0.1, 0.15) is 38.5 Å². The average molecular weight is 182 g/mol. The minimum atomic E-state index is 0.0365. The van der Waals surface area contributed by atoms with Crippen molar-refractivity contribution >= 4 is 5.97 Å². The monoisotopic (exact) mass is 182 g/mol. The van der Waals surface area contributed by atoms with Gasteiger partial charge < -0.3 is 4.74 Å². The van der Waals surface area contributed by atoms with Crippen molar-refractivity contribution in [3.05, 3.63) is 0 Å². The number of rotatable bonds is 1. The summed E-state index contributed by atoms with van der Waals surface area (Å²) in [6, 6.07) is 0. The molecule has 0 saturated heterocycles. The van der Waals surface area contributed by atoms with Gasteiger partial charge in [0.05, 0.1) is 13.0 Å². The number of ether oxygens (including phenoxy) is 1. The molecule has 74 valence electrons. The highest BCUT2D eigenvalue weighted by Gasteiger charge is 2.41. The van der Waals surface area contributed by atoms with E-state index in [1.54, 1.807) is 0 Å². The van der Waals surface area contributed by atoms with Crippen LogP contribution in [0.2, 0.25) is 0 Å². The Morgan fingerprint density at radius 2 is 1.92 bits per heavy atom. The number of esters is 1. The van der Waals surface area contributed by atoms with Crippen LogP contribution < -0.4 is 0 Å². The molecule has 2 aliphatic carbocycles. The predicted molar refractivity (Wildman–Crippen MR) is 50.2 cm³/mol. The van der Waals surface area contributed by atoms with Gasteiger partial charge in [0.15, 0.2) is 0 Å². The fraction of sp³-hybridized carbons (Fsp3) is 0.909. The van der Waals surface area contributed by atoms with Crippen LogP contribution >= 0.6 is 0 Å². The molecule has 3 atom stereocenters. The van der Waals surface area contributed by atoms with Crippen LogP contribution in [-0.4, -0.2) is 13.1 Å². The van der Waals surface area contributed by atoms with E-state index in [2.05, 4.69) is 0 Å². The molecule has 2 saturated carbocycles. The van der Waals surface area contributed by atoms with Crippen molar-refractivity contribution in [2.24, 2.45) is 17.8 Å². The van der Waals surface area contributed by atoms with Crippen LogP contribution in [0.5, 0.6) is 0 Å². The molecular formula is C11H18O2. The maximum atomic E-state index is 11.4. The van der Waals surface area contributed by atoms with Crippen LogP contribution in [0.15, 0.2) is 0 Å². The zero-order valence-corrected chi connectivity index (χ0v) is 8.29. The van der Waals surface area contributed by atoms with Crippen LogP contribution in [0, 0.1) is 17.8 Å². The zero-order valence-electron chi connectivity index (χ0n) is 8.29. The molecule has 0 bridgehead atoms. The van der Waals surface area contributed by atoms with Gasteiger partial charge in [0.25, 0.3) is 0 Å². The maximum absolute atomic E-state index is 11.4. The van der Waals surface area contributed by atoms with E-state index in [0.717, 1.165) is 12.3 Å². The maximum Gasteiger partial charge on any atom is 0.308 e. The van der Waals surface area contributed by atoms with E-state index in [-0.39, 0.29) is 11.9 Å². The Bertz CT molecular complexity index is 200. The molecule has 0 unspecified atom stereocenters. The molecule has 13 heavy (non-hydrogen) atoms. The topological polar surface area (TPSA) is 26.3 Å². The summed E-state index contributed by atoms with van der Waals surface area (Å²) in [7, 11) is 1.51. The lowest BCUT2D eigenvalue weighted by atomic mass is 9.78. The third-order valence-corrected chi connectivity index (χ3v) is 3.84. The van der Waals surface area contributed by atoms with Gasteiger partial charge in [-0.15, -0.1) is 0 Å². The average Bonchev–Trinajstić information content (AvgIpc) is 2.60. The van der Waals surface area contributed by atoms with E-state index in [0.29, 0.717) is 5.92 Å². The van der Waals surface area contributed by atoms with Crippen molar-refractivity contribution in [1.82, 2.24) is 0 Å². The van der Waals surface area contributed by atoms with Crippen LogP contribution in [0.25, 0.3) is 0 Å². The van der Waals surface area contributed by atoms with Gasteiger partial charge in [-0.2, -0.15) is 0 Å². The number of methoxy groups -OCH3 is 1. The third kappa shape index (κ3) is 1.59. The number of hydrogen-bond donors (Lipinski definition) is 0. The Morgan fingerprint density at radius 1 is 1.15 bits per heavy atom. The Balaban J connectivity index is 2.02. The lowest BCUT2D eigenvalue weighted by Crippen LogP contribution is -2.25. The molecule has 0 radical (unpaired) electrons. The molecular weight excluding hydrogens is 164 g/mol. The van der Waals surface area contributed by atoms with Gasteiger partial charge in [-0.3, -0.25) is 4.79 Å². The molecule has 0 aliphatic heterocycles. The van der Waals surface area contributed by atoms with Crippen LogP contribution in [0.3, 0.4) is 0 Å². The summed E-state index contributed by atoms with van der Waals surface area (Å²) in [6.07, 6.45) is 7.61. The summed E-state index contributed by atoms with van der Waals surface area (Å²) >= 11 is 0. The Hall–Kier alpha value is -0.530. The fourth-order valence-corrected chi connectivity index (χ4v) is 3.18. The summed E-state index contributed by atoms with van der Waals surface area (Å²) in [5.41, 5.74) is 0. The van der Waals surface area contributed by atoms with Gasteiger partial charge in [-0.05, 0) is 31.1 Å². The van der Waals surface area contributed by atoms with Crippen molar-refractivity contribution in [1.29, 1.82) is 0 Å². The van der Waals surface area contributed by atoms with Crippen molar-refractivity contribution in [2.45, 2.75) is 38.5 Å². The highest BCUT2D eigenvalue weighted by Crippen LogP contribution is 2.46. The predicted octanol–water partition coefficient (Wildman–Crippen LogP) is 2.38. The summed E-state index contributed by atoms with van der Waals surface area (Å²) in [5, 5.41) is 0. The SMILES string of the molecule is COC(=O)[C@@H]1CC[C@@H]2CCCC[C@H]21. The van der Waals surface area contributed by atoms with Crippen molar-refractivity contribution in [3.8, 4) is 0 Å². The second-order valence-electron chi connectivity index (χ2n) is 4.42. The third-order valence-electron chi connectivity index (χ3n) is 3.84. The van der Waals surface area contributed by atoms with Gasteiger partial charge in [0.1, 0.15) is 0 Å². The Kier molecular flexibility index (Phi) is 2.56. The van der Waals surface area contributed by atoms with E-state index < -0.39 is 0 Å². The van der Waals surface area contributed by atoms with E-state index in [9.17, 15) is 4.79 Å². The highest BCUT2D eigenvalue weighted by molar-refractivity contribution is 5.73. The van der Waals surface area contributed by atoms with Gasteiger partial charge in [-0.1, -0.05) is 19.3 Å². The summed E-state index contributed by atoms with van der Waals surface area (Å²) < 4.78 is 4.84. The second kappa shape index (κ2) is 3.69. The van der Waals surface area contributed by atoms with Gasteiger partial charge >= 0.3 is 5.97 Å². The Labute approximate surface area is 79.7 Å². The normalized spacial score (nSPS) is 38.4. The van der Waals surface area contributed by atoms with Crippen LogP contribution in [-0.2, 0) is 9.53 Å². The summed E-state index contributed by atoms with van der Waals surface area (Å²) in [4.78, 5) is 11.4. The van der Waals surface area contributed by atoms with E-state index in [1.165, 1.54) is 39.2 Å². The standard InChI is InChI=1S/C11H18O2/c1-13-11(12)10-7-6-8-4-2-3-5-9(8)10/h8-10H,2-7H2,1H3/t8-,9+,10+/m0/s1. The molecule has 2 nitrogen and oxygen atoms in total. The number of hydrogen-bond acceptors (Lipinski definition) is 2. The van der Waals surface area contributed by atoms with Crippen molar-refractivity contribution in [3.63, 3.8) is 0 Å². The quantitative estimate of drug-likeness (QED) is 0.582. The van der Waals surface area contributed by atoms with Gasteiger partial charge in [0, 0.05) is 0 Å². The highest BCUT2D eigenvalue weighted by atomic mass is 16.5. The molecule has 0 aromatic heterocycles. The first-order valence-corrected chi connectivity index (χ1v) is 5.40. The number of carbonyl (C=O) groups is 1. The van der Waals surface area contributed by atoms with Crippen molar-refractivity contribution < 1.29 is 9.53 Å². The number of fused-ring (bicyclic) bond motifs is 1. The largest absolute Gasteiger partial charge is 0.469 e. The first kappa shape index (κ1) is 9.04. The Morgan fingerprint density at radius 3 is 2.69 bits per heavy atom. The summed E-state index contributed by atoms with van der Waals surface area (Å²) in [6.45, 7) is 0. The smallest absolute Gasteiger partial charge is 0.308 e. The minimum absolute atomic E-state index is 0.0365. The van der Waals surface area contributed by atoms with Crippen LogP contribution in [0.4, 0.5) is 0 Å². The number of carbonyl (C=O) groups excluding carboxylic acids is 1. The van der Waals surface area contributed by atoms with Gasteiger partial charge in [0.2, 0.25) is 0 Å². The van der Waals surface area contributed by atoms with E-state index >= 15 is 0 Å². The molecule has 0 spiro atoms. The minimum Gasteiger partial charge on any atom is -0.469 e. The lowest BCUT2D eigenvalue weighted by molar-refractivity contribution is -0.147. The first-order chi connectivity index (χ1) is 6.33. The molecule has 0 N–H and O–H groups in total. The zero-order chi connectivity index (χ0) is 9.26. The molecule has 0 aromatic rings. The van der Waals surface area contributed by atoms with E-state index in [1.807, 2.05) is 0 Å². The fourth-order valence-electron chi connectivity index (χ4n) is 3.18. The van der Waals surface area contributed by atoms with Gasteiger partial charge in [-0.25, -0.2) is 0 Å².